The average molecular weight is 378 g/mol. The highest BCUT2D eigenvalue weighted by Crippen LogP contribution is 2.40. The van der Waals surface area contributed by atoms with E-state index < -0.39 is 40.3 Å². The number of aliphatic carboxylic acids is 1. The Kier molecular flexibility index (Phi) is 5.84. The van der Waals surface area contributed by atoms with Gasteiger partial charge in [0.05, 0.1) is 0 Å². The quantitative estimate of drug-likeness (QED) is 0.242. The molecular formula is C13H27BN4O6S. The molecule has 0 aromatic carbocycles. The fourth-order valence-corrected chi connectivity index (χ4v) is 5.11. The van der Waals surface area contributed by atoms with E-state index in [1.807, 2.05) is 0 Å². The van der Waals surface area contributed by atoms with Crippen LogP contribution in [-0.4, -0.2) is 71.2 Å². The van der Waals surface area contributed by atoms with E-state index in [0.717, 1.165) is 4.31 Å². The van der Waals surface area contributed by atoms with Crippen molar-refractivity contribution in [1.29, 1.82) is 0 Å². The van der Waals surface area contributed by atoms with E-state index in [1.165, 1.54) is 0 Å². The van der Waals surface area contributed by atoms with Gasteiger partial charge in [0.25, 0.3) is 10.2 Å². The minimum atomic E-state index is -3.92. The van der Waals surface area contributed by atoms with Crippen molar-refractivity contribution in [3.63, 3.8) is 0 Å². The molecule has 0 spiro atoms. The lowest BCUT2D eigenvalue weighted by Gasteiger charge is -2.26. The van der Waals surface area contributed by atoms with E-state index in [-0.39, 0.29) is 31.9 Å². The van der Waals surface area contributed by atoms with E-state index in [4.69, 9.17) is 21.5 Å². The van der Waals surface area contributed by atoms with Crippen LogP contribution in [0.15, 0.2) is 0 Å². The summed E-state index contributed by atoms with van der Waals surface area (Å²) in [6, 6.07) is -0.353. The van der Waals surface area contributed by atoms with Crippen LogP contribution in [0.25, 0.3) is 0 Å². The van der Waals surface area contributed by atoms with Crippen LogP contribution in [0.2, 0.25) is 6.32 Å². The van der Waals surface area contributed by atoms with E-state index in [0.29, 0.717) is 19.3 Å². The zero-order valence-electron chi connectivity index (χ0n) is 14.3. The number of carbonyl (C=O) groups is 1. The average Bonchev–Trinajstić information content (AvgIpc) is 3.16. The molecule has 1 aliphatic heterocycles. The summed E-state index contributed by atoms with van der Waals surface area (Å²) in [5.74, 6) is -1.89. The summed E-state index contributed by atoms with van der Waals surface area (Å²) in [7, 11) is -5.40. The molecule has 1 aliphatic carbocycles. The second-order valence-corrected chi connectivity index (χ2v) is 8.97. The van der Waals surface area contributed by atoms with Gasteiger partial charge in [-0.15, -0.1) is 0 Å². The van der Waals surface area contributed by atoms with Gasteiger partial charge in [0.15, 0.2) is 0 Å². The van der Waals surface area contributed by atoms with Gasteiger partial charge in [-0.3, -0.25) is 4.79 Å². The van der Waals surface area contributed by atoms with Crippen molar-refractivity contribution in [1.82, 2.24) is 9.03 Å². The summed E-state index contributed by atoms with van der Waals surface area (Å²) in [6.45, 7) is 1.36. The normalized spacial score (nSPS) is 30.2. The molecule has 1 saturated carbocycles. The first kappa shape index (κ1) is 20.6. The topological polar surface area (TPSA) is 179 Å². The van der Waals surface area contributed by atoms with Crippen LogP contribution in [0, 0.1) is 5.92 Å². The highest BCUT2D eigenvalue weighted by molar-refractivity contribution is 7.87. The molecule has 0 bridgehead atoms. The summed E-state index contributed by atoms with van der Waals surface area (Å²) in [5, 5.41) is 27.3. The molecule has 0 unspecified atom stereocenters. The van der Waals surface area contributed by atoms with E-state index >= 15 is 0 Å². The Morgan fingerprint density at radius 2 is 2.04 bits per heavy atom. The van der Waals surface area contributed by atoms with E-state index in [9.17, 15) is 18.3 Å². The number of hydrogen-bond donors (Lipinski definition) is 6. The largest absolute Gasteiger partial charge is 0.480 e. The lowest BCUT2D eigenvalue weighted by molar-refractivity contribution is -0.144. The van der Waals surface area contributed by atoms with Crippen molar-refractivity contribution < 1.29 is 28.4 Å². The lowest BCUT2D eigenvalue weighted by Crippen LogP contribution is -2.56. The maximum absolute atomic E-state index is 12.7. The van der Waals surface area contributed by atoms with E-state index in [1.54, 1.807) is 6.92 Å². The fraction of sp³-hybridized carbons (Fsp3) is 0.923. The molecule has 1 heterocycles. The highest BCUT2D eigenvalue weighted by Gasteiger charge is 2.55. The third-order valence-corrected chi connectivity index (χ3v) is 6.96. The standard InChI is InChI=1S/C13H27BN4O6S/c1-9(15)12(4-5-12)17-25(23,24)18-7-10(3-2-6-14(21)22)13(16,8-18)11(19)20/h9-10,17,21-22H,2-8,15-16H2,1H3,(H,19,20)/t9-,10+,13+/m1/s1. The van der Waals surface area contributed by atoms with Gasteiger partial charge in [-0.1, -0.05) is 6.42 Å². The number of carboxylic acid groups (broad SMARTS) is 1. The van der Waals surface area contributed by atoms with Crippen LogP contribution < -0.4 is 16.2 Å². The van der Waals surface area contributed by atoms with Gasteiger partial charge in [-0.05, 0) is 32.5 Å². The van der Waals surface area contributed by atoms with Crippen molar-refractivity contribution in [3.8, 4) is 0 Å². The Morgan fingerprint density at radius 1 is 1.44 bits per heavy atom. The molecule has 144 valence electrons. The van der Waals surface area contributed by atoms with Crippen LogP contribution >= 0.6 is 0 Å². The SMILES string of the molecule is C[C@@H](N)C1(NS(=O)(=O)N2C[C@H](CCCB(O)O)[C@](N)(C(=O)O)C2)CC1. The van der Waals surface area contributed by atoms with Crippen LogP contribution in [-0.2, 0) is 15.0 Å². The Hall–Kier alpha value is -0.755. The summed E-state index contributed by atoms with van der Waals surface area (Å²) < 4.78 is 29.0. The molecule has 0 aromatic rings. The number of nitrogens with one attached hydrogen (secondary N) is 1. The zero-order valence-corrected chi connectivity index (χ0v) is 15.1. The molecular weight excluding hydrogens is 351 g/mol. The van der Waals surface area contributed by atoms with Crippen LogP contribution in [0.1, 0.15) is 32.6 Å². The summed E-state index contributed by atoms with van der Waals surface area (Å²) in [5.41, 5.74) is 9.48. The first-order chi connectivity index (χ1) is 11.4. The summed E-state index contributed by atoms with van der Waals surface area (Å²) >= 11 is 0. The van der Waals surface area contributed by atoms with E-state index in [2.05, 4.69) is 4.72 Å². The molecule has 0 aromatic heterocycles. The molecule has 0 radical (unpaired) electrons. The van der Waals surface area contributed by atoms with Crippen LogP contribution in [0.5, 0.6) is 0 Å². The van der Waals surface area contributed by atoms with Gasteiger partial charge in [0, 0.05) is 30.6 Å². The molecule has 3 atom stereocenters. The smallest absolute Gasteiger partial charge is 0.451 e. The van der Waals surface area contributed by atoms with Crippen molar-refractivity contribution in [2.75, 3.05) is 13.1 Å². The molecule has 0 amide bonds. The van der Waals surface area contributed by atoms with Crippen LogP contribution in [0.3, 0.4) is 0 Å². The van der Waals surface area contributed by atoms with Crippen LogP contribution in [0.4, 0.5) is 0 Å². The second kappa shape index (κ2) is 7.10. The predicted octanol–water partition coefficient (Wildman–Crippen LogP) is -2.33. The number of carboxylic acids is 1. The van der Waals surface area contributed by atoms with Gasteiger partial charge < -0.3 is 26.6 Å². The molecule has 8 N–H and O–H groups in total. The maximum atomic E-state index is 12.7. The molecule has 25 heavy (non-hydrogen) atoms. The zero-order chi connectivity index (χ0) is 19.0. The Bertz CT molecular complexity index is 612. The van der Waals surface area contributed by atoms with Gasteiger partial charge in [0.2, 0.25) is 0 Å². The number of nitrogens with zero attached hydrogens (tertiary/aromatic N) is 1. The summed E-state index contributed by atoms with van der Waals surface area (Å²) in [6.07, 6.45) is 1.97. The monoisotopic (exact) mass is 378 g/mol. The molecule has 12 heteroatoms. The highest BCUT2D eigenvalue weighted by atomic mass is 32.2. The number of nitrogens with two attached hydrogens (primary N) is 2. The van der Waals surface area contributed by atoms with Crippen molar-refractivity contribution in [2.45, 2.75) is 56.0 Å². The van der Waals surface area contributed by atoms with Gasteiger partial charge >= 0.3 is 13.1 Å². The number of hydrogen-bond acceptors (Lipinski definition) is 7. The van der Waals surface area contributed by atoms with Gasteiger partial charge in [0.1, 0.15) is 5.54 Å². The lowest BCUT2D eigenvalue weighted by atomic mass is 9.78. The number of rotatable bonds is 9. The van der Waals surface area contributed by atoms with Crippen molar-refractivity contribution in [2.24, 2.45) is 17.4 Å². The first-order valence-electron chi connectivity index (χ1n) is 8.36. The molecule has 2 rings (SSSR count). The first-order valence-corrected chi connectivity index (χ1v) is 9.80. The molecule has 1 saturated heterocycles. The third-order valence-electron chi connectivity index (χ3n) is 5.34. The molecule has 2 fully saturated rings. The minimum Gasteiger partial charge on any atom is -0.480 e. The summed E-state index contributed by atoms with van der Waals surface area (Å²) in [4.78, 5) is 11.6. The Morgan fingerprint density at radius 3 is 2.48 bits per heavy atom. The van der Waals surface area contributed by atoms with Crippen molar-refractivity contribution in [3.05, 3.63) is 0 Å². The second-order valence-electron chi connectivity index (χ2n) is 7.30. The fourth-order valence-electron chi connectivity index (χ4n) is 3.32. The molecule has 2 aliphatic rings. The third kappa shape index (κ3) is 4.33. The maximum Gasteiger partial charge on any atom is 0.451 e. The predicted molar refractivity (Wildman–Crippen MR) is 91.5 cm³/mol. The van der Waals surface area contributed by atoms with Gasteiger partial charge in [-0.2, -0.15) is 17.4 Å². The Balaban J connectivity index is 2.11. The molecule has 10 nitrogen and oxygen atoms in total. The minimum absolute atomic E-state index is 0.0330. The van der Waals surface area contributed by atoms with Gasteiger partial charge in [-0.25, -0.2) is 0 Å². The Labute approximate surface area is 147 Å². The van der Waals surface area contributed by atoms with Crippen molar-refractivity contribution >= 4 is 23.3 Å².